The lowest BCUT2D eigenvalue weighted by atomic mass is 9.93. The Labute approximate surface area is 165 Å². The molecular formula is C22H27N3O3. The van der Waals surface area contributed by atoms with Gasteiger partial charge in [-0.2, -0.15) is 0 Å². The smallest absolute Gasteiger partial charge is 0.407 e. The Bertz CT molecular complexity index is 679. The van der Waals surface area contributed by atoms with Crippen LogP contribution in [0, 0.1) is 0 Å². The number of hydrogen-bond donors (Lipinski definition) is 3. The van der Waals surface area contributed by atoms with Crippen molar-refractivity contribution < 1.29 is 14.3 Å². The second kappa shape index (κ2) is 10.3. The molecule has 0 atom stereocenters. The van der Waals surface area contributed by atoms with E-state index in [1.807, 2.05) is 60.7 Å². The summed E-state index contributed by atoms with van der Waals surface area (Å²) in [6.45, 7) is 0.963. The monoisotopic (exact) mass is 381 g/mol. The van der Waals surface area contributed by atoms with Crippen molar-refractivity contribution >= 4 is 12.1 Å². The van der Waals surface area contributed by atoms with E-state index in [-0.39, 0.29) is 24.3 Å². The number of carbonyl (C=O) groups excluding carboxylic acids is 2. The zero-order chi connectivity index (χ0) is 19.6. The minimum Gasteiger partial charge on any atom is -0.446 e. The summed E-state index contributed by atoms with van der Waals surface area (Å²) < 4.78 is 5.49. The zero-order valence-electron chi connectivity index (χ0n) is 15.9. The van der Waals surface area contributed by atoms with Crippen molar-refractivity contribution in [2.45, 2.75) is 50.9 Å². The topological polar surface area (TPSA) is 79.5 Å². The van der Waals surface area contributed by atoms with E-state index in [9.17, 15) is 9.59 Å². The van der Waals surface area contributed by atoms with Crippen LogP contribution in [0.15, 0.2) is 60.7 Å². The molecule has 28 heavy (non-hydrogen) atoms. The largest absolute Gasteiger partial charge is 0.446 e. The molecule has 1 aliphatic rings. The van der Waals surface area contributed by atoms with Gasteiger partial charge in [0.2, 0.25) is 0 Å². The normalized spacial score (nSPS) is 18.7. The molecule has 0 spiro atoms. The van der Waals surface area contributed by atoms with Gasteiger partial charge in [-0.05, 0) is 36.8 Å². The number of carbonyl (C=O) groups is 2. The number of nitrogens with one attached hydrogen (secondary N) is 3. The van der Waals surface area contributed by atoms with Gasteiger partial charge in [0, 0.05) is 19.1 Å². The third-order valence-electron chi connectivity index (χ3n) is 4.86. The van der Waals surface area contributed by atoms with Gasteiger partial charge in [-0.25, -0.2) is 9.59 Å². The molecule has 3 rings (SSSR count). The van der Waals surface area contributed by atoms with E-state index in [2.05, 4.69) is 16.0 Å². The lowest BCUT2D eigenvalue weighted by molar-refractivity contribution is 0.0691. The van der Waals surface area contributed by atoms with Gasteiger partial charge < -0.3 is 20.7 Å². The SMILES string of the molecule is O=C(NCc1ccccc1)NC1CCC(OC(=O)NCc2ccccc2)CC1. The van der Waals surface area contributed by atoms with Gasteiger partial charge >= 0.3 is 12.1 Å². The molecule has 6 heteroatoms. The molecule has 2 aromatic rings. The summed E-state index contributed by atoms with van der Waals surface area (Å²) in [5, 5.41) is 8.66. The minimum absolute atomic E-state index is 0.0961. The molecule has 0 heterocycles. The highest BCUT2D eigenvalue weighted by Gasteiger charge is 2.24. The summed E-state index contributed by atoms with van der Waals surface area (Å²) in [7, 11) is 0. The first-order chi connectivity index (χ1) is 13.7. The van der Waals surface area contributed by atoms with Crippen LogP contribution in [0.25, 0.3) is 0 Å². The van der Waals surface area contributed by atoms with Crippen molar-refractivity contribution in [2.24, 2.45) is 0 Å². The first-order valence-electron chi connectivity index (χ1n) is 9.76. The number of rotatable bonds is 6. The van der Waals surface area contributed by atoms with E-state index in [4.69, 9.17) is 4.74 Å². The van der Waals surface area contributed by atoms with Gasteiger partial charge in [-0.3, -0.25) is 0 Å². The number of ether oxygens (including phenoxy) is 1. The molecule has 0 aromatic heterocycles. The van der Waals surface area contributed by atoms with Gasteiger partial charge in [0.25, 0.3) is 0 Å². The van der Waals surface area contributed by atoms with E-state index in [0.29, 0.717) is 13.1 Å². The van der Waals surface area contributed by atoms with Crippen LogP contribution in [0.4, 0.5) is 9.59 Å². The van der Waals surface area contributed by atoms with Gasteiger partial charge in [-0.15, -0.1) is 0 Å². The van der Waals surface area contributed by atoms with Crippen LogP contribution in [0.2, 0.25) is 0 Å². The number of hydrogen-bond acceptors (Lipinski definition) is 3. The van der Waals surface area contributed by atoms with Crippen LogP contribution in [0.5, 0.6) is 0 Å². The van der Waals surface area contributed by atoms with E-state index in [1.165, 1.54) is 0 Å². The third kappa shape index (κ3) is 6.61. The Kier molecular flexibility index (Phi) is 7.29. The molecule has 2 aromatic carbocycles. The summed E-state index contributed by atoms with van der Waals surface area (Å²) in [5.74, 6) is 0. The molecular weight excluding hydrogens is 354 g/mol. The molecule has 148 valence electrons. The first kappa shape index (κ1) is 19.7. The van der Waals surface area contributed by atoms with Crippen LogP contribution in [0.1, 0.15) is 36.8 Å². The highest BCUT2D eigenvalue weighted by atomic mass is 16.6. The van der Waals surface area contributed by atoms with Crippen molar-refractivity contribution in [1.82, 2.24) is 16.0 Å². The van der Waals surface area contributed by atoms with Crippen molar-refractivity contribution in [3.63, 3.8) is 0 Å². The van der Waals surface area contributed by atoms with E-state index < -0.39 is 0 Å². The van der Waals surface area contributed by atoms with Gasteiger partial charge in [0.1, 0.15) is 6.10 Å². The van der Waals surface area contributed by atoms with E-state index in [0.717, 1.165) is 36.8 Å². The summed E-state index contributed by atoms with van der Waals surface area (Å²) in [5.41, 5.74) is 2.10. The molecule has 3 N–H and O–H groups in total. The van der Waals surface area contributed by atoms with Gasteiger partial charge in [0.05, 0.1) is 0 Å². The highest BCUT2D eigenvalue weighted by Crippen LogP contribution is 2.21. The fraction of sp³-hybridized carbons (Fsp3) is 0.364. The summed E-state index contributed by atoms with van der Waals surface area (Å²) in [6, 6.07) is 19.5. The Hall–Kier alpha value is -3.02. The predicted octanol–water partition coefficient (Wildman–Crippen LogP) is 3.72. The van der Waals surface area contributed by atoms with Crippen molar-refractivity contribution in [1.29, 1.82) is 0 Å². The third-order valence-corrected chi connectivity index (χ3v) is 4.86. The summed E-state index contributed by atoms with van der Waals surface area (Å²) >= 11 is 0. The van der Waals surface area contributed by atoms with Crippen molar-refractivity contribution in [3.8, 4) is 0 Å². The van der Waals surface area contributed by atoms with Crippen LogP contribution in [-0.2, 0) is 17.8 Å². The van der Waals surface area contributed by atoms with E-state index >= 15 is 0 Å². The Balaban J connectivity index is 1.30. The second-order valence-corrected chi connectivity index (χ2v) is 7.03. The molecule has 1 saturated carbocycles. The van der Waals surface area contributed by atoms with Gasteiger partial charge in [-0.1, -0.05) is 60.7 Å². The Morgan fingerprint density at radius 2 is 1.32 bits per heavy atom. The molecule has 0 saturated heterocycles. The quantitative estimate of drug-likeness (QED) is 0.713. The lowest BCUT2D eigenvalue weighted by Gasteiger charge is -2.29. The summed E-state index contributed by atoms with van der Waals surface area (Å²) in [4.78, 5) is 24.0. The van der Waals surface area contributed by atoms with Crippen LogP contribution < -0.4 is 16.0 Å². The minimum atomic E-state index is -0.388. The molecule has 1 aliphatic carbocycles. The summed E-state index contributed by atoms with van der Waals surface area (Å²) in [6.07, 6.45) is 2.62. The molecule has 0 unspecified atom stereocenters. The molecule has 0 aliphatic heterocycles. The molecule has 3 amide bonds. The predicted molar refractivity (Wildman–Crippen MR) is 108 cm³/mol. The second-order valence-electron chi connectivity index (χ2n) is 7.03. The molecule has 1 fully saturated rings. The average Bonchev–Trinajstić information content (AvgIpc) is 2.74. The molecule has 6 nitrogen and oxygen atoms in total. The van der Waals surface area contributed by atoms with Gasteiger partial charge in [0.15, 0.2) is 0 Å². The zero-order valence-corrected chi connectivity index (χ0v) is 15.9. The van der Waals surface area contributed by atoms with Crippen LogP contribution in [0.3, 0.4) is 0 Å². The maximum Gasteiger partial charge on any atom is 0.407 e. The Morgan fingerprint density at radius 3 is 1.89 bits per heavy atom. The average molecular weight is 381 g/mol. The fourth-order valence-electron chi connectivity index (χ4n) is 3.30. The molecule has 0 radical (unpaired) electrons. The van der Waals surface area contributed by atoms with Crippen molar-refractivity contribution in [2.75, 3.05) is 0 Å². The first-order valence-corrected chi connectivity index (χ1v) is 9.76. The lowest BCUT2D eigenvalue weighted by Crippen LogP contribution is -2.44. The van der Waals surface area contributed by atoms with Crippen LogP contribution >= 0.6 is 0 Å². The van der Waals surface area contributed by atoms with Crippen LogP contribution in [-0.4, -0.2) is 24.3 Å². The number of benzene rings is 2. The van der Waals surface area contributed by atoms with E-state index in [1.54, 1.807) is 0 Å². The number of amides is 3. The number of alkyl carbamates (subject to hydrolysis) is 1. The number of urea groups is 1. The van der Waals surface area contributed by atoms with Crippen molar-refractivity contribution in [3.05, 3.63) is 71.8 Å². The highest BCUT2D eigenvalue weighted by molar-refractivity contribution is 5.74. The maximum atomic E-state index is 12.0. The standard InChI is InChI=1S/C22H27N3O3/c26-21(23-15-17-7-3-1-4-8-17)25-19-11-13-20(14-12-19)28-22(27)24-16-18-9-5-2-6-10-18/h1-10,19-20H,11-16H2,(H,24,27)(H2,23,25,26). The molecule has 0 bridgehead atoms. The fourth-order valence-corrected chi connectivity index (χ4v) is 3.30. The maximum absolute atomic E-state index is 12.0. The Morgan fingerprint density at radius 1 is 0.786 bits per heavy atom.